The van der Waals surface area contributed by atoms with Gasteiger partial charge in [0.05, 0.1) is 22.8 Å². The summed E-state index contributed by atoms with van der Waals surface area (Å²) in [5, 5.41) is 2.49. The zero-order valence-electron chi connectivity index (χ0n) is 33.0. The number of aromatic nitrogens is 2. The van der Waals surface area contributed by atoms with Crippen molar-refractivity contribution in [2.75, 3.05) is 12.3 Å². The number of ketones is 1. The van der Waals surface area contributed by atoms with E-state index in [4.69, 9.17) is 17.3 Å². The largest absolute Gasteiger partial charge is 0.466 e. The third-order valence-corrected chi connectivity index (χ3v) is 9.12. The van der Waals surface area contributed by atoms with Crippen LogP contribution in [0.5, 0.6) is 0 Å². The molecule has 0 bridgehead atoms. The number of ether oxygens (including phenoxy) is 1. The quantitative estimate of drug-likeness (QED) is 0.0750. The van der Waals surface area contributed by atoms with Gasteiger partial charge in [-0.1, -0.05) is 133 Å². The molecule has 0 amide bonds. The topological polar surface area (TPSA) is 115 Å². The number of aromatic amines is 1. The summed E-state index contributed by atoms with van der Waals surface area (Å²) in [6, 6.07) is 52.0. The number of H-pyrrole nitrogens is 1. The molecule has 292 valence electrons. The lowest BCUT2D eigenvalue weighted by Crippen LogP contribution is -2.11. The molecule has 0 atom stereocenters. The molecule has 8 aromatic rings. The molecule has 2 aromatic heterocycles. The molecule has 58 heavy (non-hydrogen) atoms. The number of nitrogen functional groups attached to an aromatic ring is 1. The van der Waals surface area contributed by atoms with Gasteiger partial charge in [-0.2, -0.15) is 0 Å². The fraction of sp³-hybridized carbons (Fsp3) is 0.120. The first-order chi connectivity index (χ1) is 28.0. The SMILES string of the molecule is CCOC(=O)CC(=O)c1ccccc1.Cc1ccc2c(=O)cc(-c3ccccc3)[nH]c2c1.Cc1ccc2c(Cl)cc(-c3ccccc3)nc2c1.Cc1cccc(N)c1. The Morgan fingerprint density at radius 2 is 1.24 bits per heavy atom. The molecule has 0 aliphatic rings. The molecule has 8 rings (SSSR count). The van der Waals surface area contributed by atoms with E-state index in [1.54, 1.807) is 37.3 Å². The number of benzene rings is 6. The number of carbonyl (C=O) groups is 2. The number of fused-ring (bicyclic) bond motifs is 2. The summed E-state index contributed by atoms with van der Waals surface area (Å²) >= 11 is 6.32. The average Bonchev–Trinajstić information content (AvgIpc) is 3.22. The van der Waals surface area contributed by atoms with E-state index in [1.807, 2.05) is 135 Å². The maximum Gasteiger partial charge on any atom is 0.313 e. The summed E-state index contributed by atoms with van der Waals surface area (Å²) in [7, 11) is 0. The summed E-state index contributed by atoms with van der Waals surface area (Å²) in [6.07, 6.45) is -0.183. The van der Waals surface area contributed by atoms with Crippen molar-refractivity contribution in [1.82, 2.24) is 9.97 Å². The zero-order valence-corrected chi connectivity index (χ0v) is 33.8. The average molecular weight is 788 g/mol. The van der Waals surface area contributed by atoms with Gasteiger partial charge in [-0.05, 0) is 86.3 Å². The number of aryl methyl sites for hydroxylation is 3. The number of nitrogens with one attached hydrogen (secondary N) is 1. The second-order valence-corrected chi connectivity index (χ2v) is 13.9. The van der Waals surface area contributed by atoms with Gasteiger partial charge in [-0.3, -0.25) is 14.4 Å². The van der Waals surface area contributed by atoms with Gasteiger partial charge in [0.15, 0.2) is 11.2 Å². The van der Waals surface area contributed by atoms with Crippen LogP contribution >= 0.6 is 11.6 Å². The summed E-state index contributed by atoms with van der Waals surface area (Å²) in [5.74, 6) is -0.676. The lowest BCUT2D eigenvalue weighted by atomic mass is 10.1. The predicted molar refractivity (Wildman–Crippen MR) is 239 cm³/mol. The van der Waals surface area contributed by atoms with Gasteiger partial charge in [0, 0.05) is 44.9 Å². The number of rotatable bonds is 6. The van der Waals surface area contributed by atoms with Gasteiger partial charge < -0.3 is 15.5 Å². The molecule has 0 radical (unpaired) electrons. The van der Waals surface area contributed by atoms with Gasteiger partial charge in [0.2, 0.25) is 0 Å². The number of pyridine rings is 2. The normalized spacial score (nSPS) is 10.2. The number of anilines is 1. The van der Waals surface area contributed by atoms with Crippen molar-refractivity contribution in [1.29, 1.82) is 0 Å². The molecule has 0 spiro atoms. The van der Waals surface area contributed by atoms with E-state index in [1.165, 1.54) is 11.1 Å². The molecule has 0 saturated heterocycles. The Morgan fingerprint density at radius 1 is 0.655 bits per heavy atom. The van der Waals surface area contributed by atoms with Crippen LogP contribution in [0, 0.1) is 20.8 Å². The smallest absolute Gasteiger partial charge is 0.313 e. The Bertz CT molecular complexity index is 2650. The maximum atomic E-state index is 12.1. The first-order valence-corrected chi connectivity index (χ1v) is 19.3. The number of nitrogens with two attached hydrogens (primary N) is 1. The number of nitrogens with zero attached hydrogens (tertiary/aromatic N) is 1. The third kappa shape index (κ3) is 12.3. The van der Waals surface area contributed by atoms with Crippen molar-refractivity contribution in [2.24, 2.45) is 0 Å². The first-order valence-electron chi connectivity index (χ1n) is 18.9. The Morgan fingerprint density at radius 3 is 1.84 bits per heavy atom. The van der Waals surface area contributed by atoms with Crippen LogP contribution in [0.1, 0.15) is 40.4 Å². The molecule has 2 heterocycles. The van der Waals surface area contributed by atoms with Crippen LogP contribution in [0.4, 0.5) is 5.69 Å². The minimum atomic E-state index is -0.471. The number of hydrogen-bond acceptors (Lipinski definition) is 6. The summed E-state index contributed by atoms with van der Waals surface area (Å²) in [5.41, 5.74) is 16.2. The minimum absolute atomic E-state index is 0.0580. The van der Waals surface area contributed by atoms with Crippen LogP contribution in [0.15, 0.2) is 169 Å². The van der Waals surface area contributed by atoms with Crippen LogP contribution in [-0.2, 0) is 9.53 Å². The summed E-state index contributed by atoms with van der Waals surface area (Å²) < 4.78 is 4.67. The predicted octanol–water partition coefficient (Wildman–Crippen LogP) is 11.8. The van der Waals surface area contributed by atoms with Gasteiger partial charge in [-0.15, -0.1) is 0 Å². The molecule has 0 aliphatic carbocycles. The van der Waals surface area contributed by atoms with Crippen molar-refractivity contribution in [2.45, 2.75) is 34.1 Å². The number of carbonyl (C=O) groups excluding carboxylic acids is 2. The van der Waals surface area contributed by atoms with E-state index in [-0.39, 0.29) is 17.6 Å². The lowest BCUT2D eigenvalue weighted by molar-refractivity contribution is -0.141. The number of hydrogen-bond donors (Lipinski definition) is 2. The molecule has 0 unspecified atom stereocenters. The number of Topliss-reactive ketones (excluding diaryl/α,β-unsaturated/α-hetero) is 1. The molecular weight excluding hydrogens is 742 g/mol. The second-order valence-electron chi connectivity index (χ2n) is 13.5. The van der Waals surface area contributed by atoms with Crippen molar-refractivity contribution in [3.05, 3.63) is 201 Å². The molecule has 0 fully saturated rings. The molecule has 6 aromatic carbocycles. The van der Waals surface area contributed by atoms with E-state index in [0.29, 0.717) is 12.2 Å². The highest BCUT2D eigenvalue weighted by atomic mass is 35.5. The monoisotopic (exact) mass is 787 g/mol. The van der Waals surface area contributed by atoms with E-state index in [9.17, 15) is 14.4 Å². The Labute approximate surface area is 344 Å². The fourth-order valence-corrected chi connectivity index (χ4v) is 6.19. The van der Waals surface area contributed by atoms with E-state index < -0.39 is 5.97 Å². The summed E-state index contributed by atoms with van der Waals surface area (Å²) in [4.78, 5) is 42.5. The summed E-state index contributed by atoms with van der Waals surface area (Å²) in [6.45, 7) is 8.12. The van der Waals surface area contributed by atoms with Crippen LogP contribution in [0.2, 0.25) is 5.02 Å². The number of esters is 1. The van der Waals surface area contributed by atoms with Gasteiger partial charge in [-0.25, -0.2) is 4.98 Å². The van der Waals surface area contributed by atoms with Gasteiger partial charge in [0.1, 0.15) is 6.42 Å². The standard InChI is InChI=1S/C16H12ClN.C16H13NO.C11H12O3.C7H9N/c1-11-7-8-13-14(17)10-15(18-16(13)9-11)12-5-3-2-4-6-12;1-11-7-8-13-15(9-11)17-14(10-16(13)18)12-5-3-2-4-6-12;1-2-14-11(13)8-10(12)9-6-4-3-5-7-9;1-6-3-2-4-7(8)5-6/h2-10H,1H3;2-10H,1H3,(H,17,18);3-7H,2,8H2,1H3;2-5H,8H2,1H3. The highest BCUT2D eigenvalue weighted by Crippen LogP contribution is 2.28. The molecule has 0 saturated carbocycles. The van der Waals surface area contributed by atoms with Crippen LogP contribution < -0.4 is 11.2 Å². The second kappa shape index (κ2) is 20.9. The van der Waals surface area contributed by atoms with Crippen LogP contribution in [-0.4, -0.2) is 28.3 Å². The van der Waals surface area contributed by atoms with Crippen molar-refractivity contribution < 1.29 is 14.3 Å². The van der Waals surface area contributed by atoms with E-state index >= 15 is 0 Å². The number of halogens is 1. The first kappa shape index (κ1) is 42.3. The lowest BCUT2D eigenvalue weighted by Gasteiger charge is -2.06. The van der Waals surface area contributed by atoms with Crippen LogP contribution in [0.3, 0.4) is 0 Å². The third-order valence-electron chi connectivity index (χ3n) is 8.80. The molecule has 8 heteroatoms. The molecule has 3 N–H and O–H groups in total. The molecular formula is C50H46ClN3O4. The Balaban J connectivity index is 0.000000153. The van der Waals surface area contributed by atoms with Crippen molar-refractivity contribution >= 4 is 50.8 Å². The Hall–Kier alpha value is -6.83. The van der Waals surface area contributed by atoms with Crippen molar-refractivity contribution in [3.63, 3.8) is 0 Å². The van der Waals surface area contributed by atoms with Gasteiger partial charge >= 0.3 is 5.97 Å². The van der Waals surface area contributed by atoms with Crippen molar-refractivity contribution in [3.8, 4) is 22.5 Å². The van der Waals surface area contributed by atoms with E-state index in [0.717, 1.165) is 60.6 Å². The minimum Gasteiger partial charge on any atom is -0.466 e. The highest BCUT2D eigenvalue weighted by molar-refractivity contribution is 6.35. The fourth-order valence-electron chi connectivity index (χ4n) is 5.93. The van der Waals surface area contributed by atoms with E-state index in [2.05, 4.69) is 33.8 Å². The van der Waals surface area contributed by atoms with Crippen LogP contribution in [0.25, 0.3) is 44.3 Å². The molecule has 7 nitrogen and oxygen atoms in total. The van der Waals surface area contributed by atoms with Gasteiger partial charge in [0.25, 0.3) is 0 Å². The highest BCUT2D eigenvalue weighted by Gasteiger charge is 2.11. The Kier molecular flexibility index (Phi) is 15.3. The maximum absolute atomic E-state index is 12.1. The zero-order chi connectivity index (χ0) is 41.4. The molecule has 0 aliphatic heterocycles.